The van der Waals surface area contributed by atoms with Gasteiger partial charge in [-0.15, -0.1) is 0 Å². The maximum Gasteiger partial charge on any atom is 0.327 e. The summed E-state index contributed by atoms with van der Waals surface area (Å²) in [7, 11) is 1.55. The minimum absolute atomic E-state index is 0.0833. The van der Waals surface area contributed by atoms with Crippen molar-refractivity contribution < 1.29 is 73.0 Å². The molecule has 27 nitrogen and oxygen atoms in total. The molecule has 4 saturated heterocycles. The maximum absolute atomic E-state index is 13.0. The monoisotopic (exact) mass is 1710 g/mol. The molecule has 650 valence electrons. The smallest absolute Gasteiger partial charge is 0.327 e. The fourth-order valence-electron chi connectivity index (χ4n) is 19.9. The Balaban J connectivity index is 0.000000119. The number of Topliss-reactive ketones (excluding diaryl/α,β-unsaturated/α-hetero) is 3. The molecule has 11 heterocycles. The average Bonchev–Trinajstić information content (AvgIpc) is 1.60. The first kappa shape index (κ1) is 85.4. The Hall–Kier alpha value is -13.8. The van der Waals surface area contributed by atoms with Crippen LogP contribution in [0.25, 0.3) is 38.3 Å². The molecule has 0 bridgehead atoms. The number of unbranched alkanes of at least 4 members (excludes halogenated alkanes) is 2. The van der Waals surface area contributed by atoms with E-state index in [1.165, 1.54) is 41.9 Å². The zero-order valence-electron chi connectivity index (χ0n) is 71.6. The molecule has 0 saturated carbocycles. The van der Waals surface area contributed by atoms with Crippen molar-refractivity contribution in [1.82, 2.24) is 58.4 Å². The summed E-state index contributed by atoms with van der Waals surface area (Å²) in [6, 6.07) is 59.7. The van der Waals surface area contributed by atoms with Gasteiger partial charge >= 0.3 is 24.1 Å². The Labute approximate surface area is 733 Å². The van der Waals surface area contributed by atoms with E-state index in [2.05, 4.69) is 69.2 Å². The lowest BCUT2D eigenvalue weighted by atomic mass is 9.87. The lowest BCUT2D eigenvalue weighted by molar-refractivity contribution is -0.129. The van der Waals surface area contributed by atoms with E-state index in [1.807, 2.05) is 130 Å². The highest BCUT2D eigenvalue weighted by molar-refractivity contribution is 6.09. The second kappa shape index (κ2) is 35.7. The van der Waals surface area contributed by atoms with E-state index >= 15 is 0 Å². The van der Waals surface area contributed by atoms with Gasteiger partial charge < -0.3 is 43.5 Å². The van der Waals surface area contributed by atoms with E-state index in [0.717, 1.165) is 126 Å². The van der Waals surface area contributed by atoms with Crippen LogP contribution in [0.15, 0.2) is 200 Å². The number of fused-ring (bicyclic) bond motifs is 15. The zero-order chi connectivity index (χ0) is 88.9. The predicted octanol–water partition coefficient (Wildman–Crippen LogP) is 13.3. The summed E-state index contributed by atoms with van der Waals surface area (Å²) in [6.45, 7) is 11.6. The summed E-state index contributed by atoms with van der Waals surface area (Å²) in [5.41, 5.74) is 22.6. The molecule has 11 aromatic rings. The highest BCUT2D eigenvalue weighted by atomic mass is 16.5. The fraction of sp³-hybridized carbons (Fsp3) is 0.320. The van der Waals surface area contributed by atoms with Crippen molar-refractivity contribution >= 4 is 109 Å². The van der Waals surface area contributed by atoms with Gasteiger partial charge in [0.25, 0.3) is 29.5 Å². The number of carbonyl (C=O) groups is 12. The predicted molar refractivity (Wildman–Crippen MR) is 475 cm³/mol. The van der Waals surface area contributed by atoms with Crippen molar-refractivity contribution in [2.75, 3.05) is 46.4 Å². The van der Waals surface area contributed by atoms with Crippen molar-refractivity contribution in [3.05, 3.63) is 289 Å². The number of hydrogen-bond donors (Lipinski definition) is 4. The molecule has 4 N–H and O–H groups in total. The number of benzene rings is 8. The number of aliphatic hydroxyl groups is 2. The third-order valence-corrected chi connectivity index (χ3v) is 26.7. The topological polar surface area (TPSA) is 318 Å². The minimum atomic E-state index is -0.554. The quantitative estimate of drug-likeness (QED) is 0.0212. The molecule has 5 atom stereocenters. The summed E-state index contributed by atoms with van der Waals surface area (Å²) in [6.07, 6.45) is 6.88. The van der Waals surface area contributed by atoms with E-state index in [1.54, 1.807) is 68.5 Å². The minimum Gasteiger partial charge on any atom is -0.388 e. The largest absolute Gasteiger partial charge is 0.388 e. The van der Waals surface area contributed by atoms with Crippen LogP contribution in [0.4, 0.5) is 19.2 Å². The van der Waals surface area contributed by atoms with E-state index in [-0.39, 0.29) is 71.0 Å². The first-order chi connectivity index (χ1) is 61.6. The highest BCUT2D eigenvalue weighted by Gasteiger charge is 2.53. The number of ketones is 3. The van der Waals surface area contributed by atoms with Gasteiger partial charge in [-0.25, -0.2) is 24.7 Å². The molecule has 20 rings (SSSR count). The van der Waals surface area contributed by atoms with E-state index in [4.69, 9.17) is 15.4 Å². The Morgan fingerprint density at radius 1 is 0.394 bits per heavy atom. The number of likely N-dealkylation sites (N-methyl/N-ethyl adjacent to an activating group) is 2. The molecule has 27 heteroatoms. The van der Waals surface area contributed by atoms with Gasteiger partial charge in [0.15, 0.2) is 17.3 Å². The molecule has 8 aromatic carbocycles. The number of hydroxylamine groups is 1. The number of hydrogen-bond acceptors (Lipinski definition) is 15. The molecule has 9 aliphatic rings. The number of carbonyl (C=O) groups excluding carboxylic acids is 12. The van der Waals surface area contributed by atoms with Crippen LogP contribution in [0, 0.1) is 0 Å². The van der Waals surface area contributed by atoms with Crippen LogP contribution in [0.1, 0.15) is 181 Å². The summed E-state index contributed by atoms with van der Waals surface area (Å²) in [4.78, 5) is 162. The summed E-state index contributed by atoms with van der Waals surface area (Å²) in [5.74, 6) is -1.28. The van der Waals surface area contributed by atoms with Crippen LogP contribution in [-0.2, 0) is 84.1 Å². The molecule has 13 amide bonds. The number of aliphatic hydroxyl groups excluding tert-OH is 2. The third kappa shape index (κ3) is 15.5. The molecule has 8 aliphatic heterocycles. The second-order valence-electron chi connectivity index (χ2n) is 33.8. The van der Waals surface area contributed by atoms with Crippen LogP contribution in [0.5, 0.6) is 0 Å². The van der Waals surface area contributed by atoms with E-state index in [9.17, 15) is 57.5 Å². The van der Waals surface area contributed by atoms with Gasteiger partial charge in [-0.1, -0.05) is 197 Å². The van der Waals surface area contributed by atoms with Gasteiger partial charge in [0.1, 0.15) is 37.4 Å². The Kier molecular flexibility index (Phi) is 24.0. The Morgan fingerprint density at radius 3 is 1.17 bits per heavy atom. The van der Waals surface area contributed by atoms with Crippen LogP contribution < -0.4 is 5.48 Å². The van der Waals surface area contributed by atoms with Gasteiger partial charge in [-0.3, -0.25) is 63.2 Å². The molecular weight excluding hydrogens is 1610 g/mol. The highest BCUT2D eigenvalue weighted by Crippen LogP contribution is 2.50. The molecule has 1 aliphatic carbocycles. The molecular formula is C100H100N12O15. The van der Waals surface area contributed by atoms with Crippen LogP contribution in [0.3, 0.4) is 0 Å². The lowest BCUT2D eigenvalue weighted by Gasteiger charge is -2.30. The van der Waals surface area contributed by atoms with Crippen molar-refractivity contribution in [3.8, 4) is 0 Å². The summed E-state index contributed by atoms with van der Waals surface area (Å²) in [5, 5.41) is 30.3. The number of nitrogens with one attached hydrogen (secondary N) is 1. The van der Waals surface area contributed by atoms with Gasteiger partial charge in [0.2, 0.25) is 0 Å². The van der Waals surface area contributed by atoms with Crippen LogP contribution in [0.2, 0.25) is 0 Å². The summed E-state index contributed by atoms with van der Waals surface area (Å²) >= 11 is 0. The molecule has 5 unspecified atom stereocenters. The normalized spacial score (nSPS) is 18.8. The number of nitrogens with zero attached hydrogens (tertiary/aromatic N) is 11. The van der Waals surface area contributed by atoms with Crippen molar-refractivity contribution in [2.45, 2.75) is 161 Å². The van der Waals surface area contributed by atoms with Crippen LogP contribution >= 0.6 is 0 Å². The second-order valence-corrected chi connectivity index (χ2v) is 33.8. The molecule has 3 aromatic heterocycles. The molecule has 0 spiro atoms. The third-order valence-electron chi connectivity index (χ3n) is 26.7. The SMILES string of the molecule is CCC(=O)c1ccc(Cn2c3c(c4ccccc42)CC2C(=O)N(C)C(=O)N2C3)cc1.CCCCN1C(=O)C2Cc3c(n(Cc4ccc(C(=O)CO)cc4)c4ccccc34)CN2C1=O.CCCCN1C(=O)C2Cc3c(n(Cc4ccc(C(=O)NO)cc4)c4ccccc34)CN2C1=O.CCN1C(=O)C2CC3=C(CN2C1=O)C(Cc1ccc(C(=O)CO)cc1)c1ccccc13. The van der Waals surface area contributed by atoms with Gasteiger partial charge in [0.05, 0.1) is 19.6 Å². The van der Waals surface area contributed by atoms with Gasteiger partial charge in [-0.05, 0) is 118 Å². The van der Waals surface area contributed by atoms with E-state index in [0.29, 0.717) is 114 Å². The Morgan fingerprint density at radius 2 is 0.756 bits per heavy atom. The average molecular weight is 1710 g/mol. The number of amides is 13. The number of imide groups is 4. The number of rotatable bonds is 22. The zero-order valence-corrected chi connectivity index (χ0v) is 71.6. The van der Waals surface area contributed by atoms with Gasteiger partial charge in [0, 0.05) is 163 Å². The number of aromatic nitrogens is 3. The molecule has 127 heavy (non-hydrogen) atoms. The molecule has 0 radical (unpaired) electrons. The lowest BCUT2D eigenvalue weighted by Crippen LogP contribution is -2.40. The van der Waals surface area contributed by atoms with Crippen molar-refractivity contribution in [1.29, 1.82) is 0 Å². The number of para-hydroxylation sites is 3. The summed E-state index contributed by atoms with van der Waals surface area (Å²) < 4.78 is 6.66. The molecule has 4 fully saturated rings. The standard InChI is InChI=1S/C26H27N3O4.C25H26N4O4.C25H24N2O4.C24H23N3O3/c1-2-3-12-27-25(32)22-13-20-19-6-4-5-7-21(19)28(23(20)15-29(22)26(27)33)14-17-8-10-18(11-9-17)24(31)16-30;1-2-3-12-27-24(31)21-13-19-18-6-4-5-7-20(18)28(22(19)15-29(21)25(27)32)14-16-8-10-17(11-9-16)23(30)26-33;1-2-26-24(30)22-12-20-18-6-4-3-5-17(18)19(21(20)13-27(22)25(26)31)11-15-7-9-16(10-8-15)23(29)14-28;1-3-22(28)16-10-8-15(9-11-16)13-26-19-7-5-4-6-17(19)18-12-20-23(29)25(2)24(30)27(20)14-21(18)26/h4-11,22,30H,2-3,12-16H2,1H3;4-11,21,33H,2-3,12-15H2,1H3,(H,26,30);3-10,19,22,28H,2,11-14H2,1H3;4-11,20H,3,12-14H2,1-2H3. The Bertz CT molecular complexity index is 6130. The first-order valence-corrected chi connectivity index (χ1v) is 43.7. The van der Waals surface area contributed by atoms with Gasteiger partial charge in [-0.2, -0.15) is 0 Å². The first-order valence-electron chi connectivity index (χ1n) is 43.7. The van der Waals surface area contributed by atoms with Crippen molar-refractivity contribution in [3.63, 3.8) is 0 Å². The van der Waals surface area contributed by atoms with E-state index < -0.39 is 43.3 Å². The van der Waals surface area contributed by atoms with Crippen LogP contribution in [-0.4, -0.2) is 210 Å². The number of urea groups is 4. The van der Waals surface area contributed by atoms with Crippen molar-refractivity contribution in [2.24, 2.45) is 0 Å². The fourth-order valence-corrected chi connectivity index (χ4v) is 19.9. The maximum atomic E-state index is 13.0.